The quantitative estimate of drug-likeness (QED) is 0.854. The van der Waals surface area contributed by atoms with E-state index >= 15 is 0 Å². The Morgan fingerprint density at radius 2 is 2.20 bits per heavy atom. The van der Waals surface area contributed by atoms with Crippen LogP contribution in [-0.4, -0.2) is 11.7 Å². The highest BCUT2D eigenvalue weighted by Crippen LogP contribution is 2.49. The molecule has 0 bridgehead atoms. The molecular formula is C16H23Cl2NO. The van der Waals surface area contributed by atoms with Crippen LogP contribution in [0.2, 0.25) is 10.0 Å². The molecule has 0 amide bonds. The lowest BCUT2D eigenvalue weighted by Crippen LogP contribution is -2.41. The fourth-order valence-electron chi connectivity index (χ4n) is 3.47. The van der Waals surface area contributed by atoms with Gasteiger partial charge in [-0.05, 0) is 36.5 Å². The summed E-state index contributed by atoms with van der Waals surface area (Å²) >= 11 is 12.2. The molecule has 1 aliphatic rings. The van der Waals surface area contributed by atoms with Crippen molar-refractivity contribution in [2.75, 3.05) is 6.54 Å². The van der Waals surface area contributed by atoms with Crippen LogP contribution >= 0.6 is 23.2 Å². The lowest BCUT2D eigenvalue weighted by molar-refractivity contribution is -0.0161. The van der Waals surface area contributed by atoms with Gasteiger partial charge in [0.2, 0.25) is 0 Å². The molecule has 1 aromatic rings. The fourth-order valence-corrected chi connectivity index (χ4v) is 3.98. The molecule has 2 nitrogen and oxygen atoms in total. The number of nitrogens with two attached hydrogens (primary N) is 1. The van der Waals surface area contributed by atoms with Crippen molar-refractivity contribution in [1.29, 1.82) is 0 Å². The Morgan fingerprint density at radius 1 is 1.45 bits per heavy atom. The fraction of sp³-hybridized carbons (Fsp3) is 0.625. The van der Waals surface area contributed by atoms with Crippen LogP contribution in [0, 0.1) is 11.3 Å². The van der Waals surface area contributed by atoms with E-state index in [4.69, 9.17) is 28.9 Å². The minimum absolute atomic E-state index is 0.254. The third-order valence-corrected chi connectivity index (χ3v) is 5.37. The largest absolute Gasteiger partial charge is 0.388 e. The summed E-state index contributed by atoms with van der Waals surface area (Å²) < 4.78 is 0. The molecule has 1 fully saturated rings. The molecule has 3 N–H and O–H groups in total. The molecule has 3 atom stereocenters. The van der Waals surface area contributed by atoms with Gasteiger partial charge in [-0.1, -0.05) is 55.5 Å². The van der Waals surface area contributed by atoms with Gasteiger partial charge in [-0.2, -0.15) is 0 Å². The first kappa shape index (κ1) is 16.1. The van der Waals surface area contributed by atoms with Crippen LogP contribution in [0.5, 0.6) is 0 Å². The van der Waals surface area contributed by atoms with Crippen molar-refractivity contribution in [2.24, 2.45) is 17.1 Å². The van der Waals surface area contributed by atoms with Gasteiger partial charge in [-0.25, -0.2) is 0 Å². The van der Waals surface area contributed by atoms with E-state index in [9.17, 15) is 5.11 Å². The standard InChI is InChI=1S/C16H23Cl2NO/c1-2-11-4-3-7-16(9-11,10-19)15(20)13-6-5-12(17)8-14(13)18/h5-6,8,11,15,20H,2-4,7,9-10,19H2,1H3. The normalized spacial score (nSPS) is 28.4. The molecule has 4 heteroatoms. The van der Waals surface area contributed by atoms with Crippen LogP contribution in [0.4, 0.5) is 0 Å². The molecule has 3 unspecified atom stereocenters. The highest BCUT2D eigenvalue weighted by molar-refractivity contribution is 6.35. The third-order valence-electron chi connectivity index (χ3n) is 4.80. The van der Waals surface area contributed by atoms with Gasteiger partial charge in [-0.3, -0.25) is 0 Å². The lowest BCUT2D eigenvalue weighted by Gasteiger charge is -2.43. The maximum absolute atomic E-state index is 10.9. The second kappa shape index (κ2) is 6.65. The van der Waals surface area contributed by atoms with E-state index in [0.29, 0.717) is 22.5 Å². The summed E-state index contributed by atoms with van der Waals surface area (Å²) in [5.41, 5.74) is 6.54. The van der Waals surface area contributed by atoms with Crippen molar-refractivity contribution in [2.45, 2.75) is 45.1 Å². The molecule has 20 heavy (non-hydrogen) atoms. The summed E-state index contributed by atoms with van der Waals surface area (Å²) in [6, 6.07) is 5.28. The Bertz CT molecular complexity index is 466. The first-order valence-corrected chi connectivity index (χ1v) is 8.11. The van der Waals surface area contributed by atoms with Crippen molar-refractivity contribution < 1.29 is 5.11 Å². The molecule has 1 saturated carbocycles. The average Bonchev–Trinajstić information content (AvgIpc) is 2.46. The molecular weight excluding hydrogens is 293 g/mol. The first-order chi connectivity index (χ1) is 9.52. The molecule has 112 valence electrons. The van der Waals surface area contributed by atoms with Gasteiger partial charge in [0.1, 0.15) is 0 Å². The Balaban J connectivity index is 2.30. The zero-order valence-corrected chi connectivity index (χ0v) is 13.4. The van der Waals surface area contributed by atoms with Gasteiger partial charge in [0, 0.05) is 22.0 Å². The summed E-state index contributed by atoms with van der Waals surface area (Å²) in [7, 11) is 0. The molecule has 2 rings (SSSR count). The third kappa shape index (κ3) is 3.14. The van der Waals surface area contributed by atoms with Gasteiger partial charge in [-0.15, -0.1) is 0 Å². The molecule has 0 heterocycles. The summed E-state index contributed by atoms with van der Waals surface area (Å²) in [4.78, 5) is 0. The molecule has 0 saturated heterocycles. The summed E-state index contributed by atoms with van der Waals surface area (Å²) in [5, 5.41) is 12.0. The molecule has 0 radical (unpaired) electrons. The van der Waals surface area contributed by atoms with Crippen LogP contribution in [0.15, 0.2) is 18.2 Å². The zero-order chi connectivity index (χ0) is 14.8. The molecule has 1 aromatic carbocycles. The maximum Gasteiger partial charge on any atom is 0.0872 e. The van der Waals surface area contributed by atoms with E-state index in [2.05, 4.69) is 6.92 Å². The van der Waals surface area contributed by atoms with Gasteiger partial charge >= 0.3 is 0 Å². The van der Waals surface area contributed by atoms with Crippen LogP contribution in [0.1, 0.15) is 50.7 Å². The highest BCUT2D eigenvalue weighted by atomic mass is 35.5. The highest BCUT2D eigenvalue weighted by Gasteiger charge is 2.42. The minimum atomic E-state index is -0.619. The Labute approximate surface area is 131 Å². The number of aliphatic hydroxyl groups excluding tert-OH is 1. The first-order valence-electron chi connectivity index (χ1n) is 7.35. The van der Waals surface area contributed by atoms with Gasteiger partial charge in [0.05, 0.1) is 6.10 Å². The van der Waals surface area contributed by atoms with Crippen LogP contribution < -0.4 is 5.73 Å². The topological polar surface area (TPSA) is 46.2 Å². The summed E-state index contributed by atoms with van der Waals surface area (Å²) in [5.74, 6) is 0.646. The predicted molar refractivity (Wildman–Crippen MR) is 85.2 cm³/mol. The van der Waals surface area contributed by atoms with E-state index in [1.54, 1.807) is 12.1 Å². The summed E-state index contributed by atoms with van der Waals surface area (Å²) in [6.07, 6.45) is 4.81. The van der Waals surface area contributed by atoms with Crippen LogP contribution in [-0.2, 0) is 0 Å². The Kier molecular flexibility index (Phi) is 5.36. The SMILES string of the molecule is CCC1CCCC(CN)(C(O)c2ccc(Cl)cc2Cl)C1. The van der Waals surface area contributed by atoms with E-state index in [0.717, 1.165) is 31.2 Å². The Morgan fingerprint density at radius 3 is 2.80 bits per heavy atom. The molecule has 1 aliphatic carbocycles. The van der Waals surface area contributed by atoms with Crippen molar-refractivity contribution in [3.63, 3.8) is 0 Å². The second-order valence-corrected chi connectivity index (χ2v) is 6.85. The van der Waals surface area contributed by atoms with Crippen LogP contribution in [0.25, 0.3) is 0 Å². The van der Waals surface area contributed by atoms with Crippen molar-refractivity contribution in [1.82, 2.24) is 0 Å². The second-order valence-electron chi connectivity index (χ2n) is 6.01. The van der Waals surface area contributed by atoms with Crippen molar-refractivity contribution in [3.05, 3.63) is 33.8 Å². The van der Waals surface area contributed by atoms with Crippen LogP contribution in [0.3, 0.4) is 0 Å². The van der Waals surface area contributed by atoms with E-state index < -0.39 is 6.10 Å². The number of halogens is 2. The number of hydrogen-bond acceptors (Lipinski definition) is 2. The smallest absolute Gasteiger partial charge is 0.0872 e. The van der Waals surface area contributed by atoms with Crippen molar-refractivity contribution >= 4 is 23.2 Å². The van der Waals surface area contributed by atoms with Gasteiger partial charge < -0.3 is 10.8 Å². The molecule has 0 aromatic heterocycles. The number of rotatable bonds is 4. The maximum atomic E-state index is 10.9. The Hall–Kier alpha value is -0.280. The van der Waals surface area contributed by atoms with E-state index in [-0.39, 0.29) is 5.41 Å². The predicted octanol–water partition coefficient (Wildman–Crippen LogP) is 4.57. The minimum Gasteiger partial charge on any atom is -0.388 e. The molecule has 0 aliphatic heterocycles. The van der Waals surface area contributed by atoms with Gasteiger partial charge in [0.25, 0.3) is 0 Å². The average molecular weight is 316 g/mol. The number of benzene rings is 1. The zero-order valence-electron chi connectivity index (χ0n) is 11.9. The lowest BCUT2D eigenvalue weighted by atomic mass is 9.64. The molecule has 0 spiro atoms. The monoisotopic (exact) mass is 315 g/mol. The summed E-state index contributed by atoms with van der Waals surface area (Å²) in [6.45, 7) is 2.70. The van der Waals surface area contributed by atoms with Gasteiger partial charge in [0.15, 0.2) is 0 Å². The number of hydrogen-bond donors (Lipinski definition) is 2. The van der Waals surface area contributed by atoms with E-state index in [1.807, 2.05) is 6.07 Å². The van der Waals surface area contributed by atoms with Crippen molar-refractivity contribution in [3.8, 4) is 0 Å². The van der Waals surface area contributed by atoms with E-state index in [1.165, 1.54) is 6.42 Å². The number of aliphatic hydroxyl groups is 1.